The molecule has 2 heterocycles. The van der Waals surface area contributed by atoms with Crippen LogP contribution in [-0.2, 0) is 0 Å². The SMILES string of the molecule is CNc1cccc2sc3c(=O)n(-c4ccccc4F)cnc3c12. The molecule has 1 N–H and O–H groups in total. The third-order valence-electron chi connectivity index (χ3n) is 3.79. The topological polar surface area (TPSA) is 46.9 Å². The lowest BCUT2D eigenvalue weighted by Gasteiger charge is -2.06. The maximum atomic E-state index is 14.0. The molecule has 0 amide bonds. The molecule has 4 aromatic rings. The first-order valence-electron chi connectivity index (χ1n) is 7.06. The molecule has 2 aromatic carbocycles. The van der Waals surface area contributed by atoms with E-state index in [-0.39, 0.29) is 11.2 Å². The van der Waals surface area contributed by atoms with E-state index in [1.165, 1.54) is 28.3 Å². The van der Waals surface area contributed by atoms with E-state index in [1.54, 1.807) is 18.2 Å². The third kappa shape index (κ3) is 2.03. The molecule has 0 aliphatic rings. The number of anilines is 1. The first-order chi connectivity index (χ1) is 11.2. The molecule has 114 valence electrons. The largest absolute Gasteiger partial charge is 0.388 e. The first-order valence-corrected chi connectivity index (χ1v) is 7.88. The molecule has 0 saturated heterocycles. The van der Waals surface area contributed by atoms with Crippen molar-refractivity contribution in [1.29, 1.82) is 0 Å². The van der Waals surface area contributed by atoms with Crippen molar-refractivity contribution in [2.75, 3.05) is 12.4 Å². The van der Waals surface area contributed by atoms with Gasteiger partial charge in [-0.2, -0.15) is 0 Å². The van der Waals surface area contributed by atoms with Gasteiger partial charge >= 0.3 is 0 Å². The summed E-state index contributed by atoms with van der Waals surface area (Å²) in [5.41, 5.74) is 1.51. The van der Waals surface area contributed by atoms with Gasteiger partial charge in [0.1, 0.15) is 16.8 Å². The number of fused-ring (bicyclic) bond motifs is 3. The summed E-state index contributed by atoms with van der Waals surface area (Å²) in [5.74, 6) is -0.451. The lowest BCUT2D eigenvalue weighted by atomic mass is 10.2. The van der Waals surface area contributed by atoms with E-state index in [4.69, 9.17) is 0 Å². The Kier molecular flexibility index (Phi) is 3.12. The highest BCUT2D eigenvalue weighted by Crippen LogP contribution is 2.35. The molecular weight excluding hydrogens is 313 g/mol. The Morgan fingerprint density at radius 3 is 2.78 bits per heavy atom. The van der Waals surface area contributed by atoms with Crippen molar-refractivity contribution in [2.45, 2.75) is 0 Å². The van der Waals surface area contributed by atoms with Crippen LogP contribution in [0.15, 0.2) is 53.6 Å². The standard InChI is InChI=1S/C17H12FN3OS/c1-19-11-6-4-8-13-14(11)15-16(23-13)17(22)21(9-20-15)12-7-3-2-5-10(12)18/h2-9,19H,1H3. The van der Waals surface area contributed by atoms with Crippen LogP contribution in [0.25, 0.3) is 26.0 Å². The van der Waals surface area contributed by atoms with E-state index in [0.29, 0.717) is 10.2 Å². The number of rotatable bonds is 2. The van der Waals surface area contributed by atoms with Crippen molar-refractivity contribution in [1.82, 2.24) is 9.55 Å². The average molecular weight is 325 g/mol. The highest BCUT2D eigenvalue weighted by molar-refractivity contribution is 7.25. The molecule has 0 aliphatic heterocycles. The molecule has 6 heteroatoms. The molecule has 0 fully saturated rings. The van der Waals surface area contributed by atoms with E-state index in [9.17, 15) is 9.18 Å². The van der Waals surface area contributed by atoms with Crippen molar-refractivity contribution in [3.8, 4) is 5.69 Å². The Bertz CT molecular complexity index is 1100. The highest BCUT2D eigenvalue weighted by Gasteiger charge is 2.15. The summed E-state index contributed by atoms with van der Waals surface area (Å²) in [4.78, 5) is 17.2. The fraction of sp³-hybridized carbons (Fsp3) is 0.0588. The first kappa shape index (κ1) is 13.9. The van der Waals surface area contributed by atoms with Crippen molar-refractivity contribution >= 4 is 37.3 Å². The zero-order valence-electron chi connectivity index (χ0n) is 12.2. The number of nitrogens with one attached hydrogen (secondary N) is 1. The number of halogens is 1. The van der Waals surface area contributed by atoms with Crippen molar-refractivity contribution < 1.29 is 4.39 Å². The van der Waals surface area contributed by atoms with Gasteiger partial charge in [-0.25, -0.2) is 9.37 Å². The zero-order valence-corrected chi connectivity index (χ0v) is 13.0. The Labute approximate surface area is 134 Å². The summed E-state index contributed by atoms with van der Waals surface area (Å²) in [5, 5.41) is 4.04. The Morgan fingerprint density at radius 2 is 2.00 bits per heavy atom. The smallest absolute Gasteiger partial charge is 0.276 e. The Balaban J connectivity index is 2.09. The van der Waals surface area contributed by atoms with Gasteiger partial charge in [0.2, 0.25) is 0 Å². The molecule has 0 aliphatic carbocycles. The molecule has 0 saturated carbocycles. The van der Waals surface area contributed by atoms with E-state index in [0.717, 1.165) is 15.8 Å². The number of para-hydroxylation sites is 1. The molecule has 0 atom stereocenters. The Morgan fingerprint density at radius 1 is 1.17 bits per heavy atom. The summed E-state index contributed by atoms with van der Waals surface area (Å²) < 4.78 is 16.7. The van der Waals surface area contributed by atoms with Gasteiger partial charge in [-0.05, 0) is 24.3 Å². The van der Waals surface area contributed by atoms with Crippen LogP contribution in [0.1, 0.15) is 0 Å². The summed E-state index contributed by atoms with van der Waals surface area (Å²) >= 11 is 1.37. The summed E-state index contributed by atoms with van der Waals surface area (Å²) in [6.45, 7) is 0. The molecule has 23 heavy (non-hydrogen) atoms. The molecule has 2 aromatic heterocycles. The van der Waals surface area contributed by atoms with Gasteiger partial charge in [0.15, 0.2) is 0 Å². The molecule has 0 radical (unpaired) electrons. The quantitative estimate of drug-likeness (QED) is 0.610. The minimum absolute atomic E-state index is 0.207. The van der Waals surface area contributed by atoms with Gasteiger partial charge in [0, 0.05) is 22.8 Å². The van der Waals surface area contributed by atoms with Gasteiger partial charge < -0.3 is 5.32 Å². The van der Waals surface area contributed by atoms with Crippen molar-refractivity contribution in [3.05, 3.63) is 65.0 Å². The van der Waals surface area contributed by atoms with Gasteiger partial charge in [-0.15, -0.1) is 11.3 Å². The van der Waals surface area contributed by atoms with Crippen molar-refractivity contribution in [3.63, 3.8) is 0 Å². The molecule has 0 spiro atoms. The van der Waals surface area contributed by atoms with E-state index in [2.05, 4.69) is 10.3 Å². The fourth-order valence-corrected chi connectivity index (χ4v) is 3.82. The average Bonchev–Trinajstić information content (AvgIpc) is 2.96. The van der Waals surface area contributed by atoms with Crippen LogP contribution in [-0.4, -0.2) is 16.6 Å². The van der Waals surface area contributed by atoms with Crippen LogP contribution in [0.3, 0.4) is 0 Å². The van der Waals surface area contributed by atoms with Gasteiger partial charge in [0.25, 0.3) is 5.56 Å². The van der Waals surface area contributed by atoms with E-state index >= 15 is 0 Å². The van der Waals surface area contributed by atoms with Gasteiger partial charge in [-0.3, -0.25) is 9.36 Å². The number of benzene rings is 2. The molecular formula is C17H12FN3OS. The maximum absolute atomic E-state index is 14.0. The van der Waals surface area contributed by atoms with Crippen LogP contribution in [0.2, 0.25) is 0 Å². The van der Waals surface area contributed by atoms with Crippen LogP contribution >= 0.6 is 11.3 Å². The second-order valence-corrected chi connectivity index (χ2v) is 6.13. The number of hydrogen-bond donors (Lipinski definition) is 1. The van der Waals surface area contributed by atoms with Gasteiger partial charge in [0.05, 0.1) is 11.2 Å². The predicted octanol–water partition coefficient (Wildman–Crippen LogP) is 3.78. The van der Waals surface area contributed by atoms with Crippen molar-refractivity contribution in [2.24, 2.45) is 0 Å². The number of thiophene rings is 1. The predicted molar refractivity (Wildman–Crippen MR) is 92.2 cm³/mol. The Hall–Kier alpha value is -2.73. The molecule has 0 bridgehead atoms. The third-order valence-corrected chi connectivity index (χ3v) is 4.92. The lowest BCUT2D eigenvalue weighted by molar-refractivity contribution is 0.616. The minimum atomic E-state index is -0.451. The monoisotopic (exact) mass is 325 g/mol. The maximum Gasteiger partial charge on any atom is 0.276 e. The molecule has 4 rings (SSSR count). The minimum Gasteiger partial charge on any atom is -0.388 e. The number of aromatic nitrogens is 2. The van der Waals surface area contributed by atoms with E-state index < -0.39 is 5.82 Å². The number of hydrogen-bond acceptors (Lipinski definition) is 4. The summed E-state index contributed by atoms with van der Waals surface area (Å²) in [7, 11) is 1.83. The van der Waals surface area contributed by atoms with Crippen LogP contribution in [0.5, 0.6) is 0 Å². The second kappa shape index (κ2) is 5.17. The second-order valence-electron chi connectivity index (χ2n) is 5.08. The summed E-state index contributed by atoms with van der Waals surface area (Å²) in [6.07, 6.45) is 1.39. The van der Waals surface area contributed by atoms with Crippen LogP contribution in [0.4, 0.5) is 10.1 Å². The van der Waals surface area contributed by atoms with Crippen LogP contribution < -0.4 is 10.9 Å². The zero-order chi connectivity index (χ0) is 16.0. The normalized spacial score (nSPS) is 11.2. The molecule has 0 unspecified atom stereocenters. The van der Waals surface area contributed by atoms with Crippen LogP contribution in [0, 0.1) is 5.82 Å². The van der Waals surface area contributed by atoms with Gasteiger partial charge in [-0.1, -0.05) is 18.2 Å². The van der Waals surface area contributed by atoms with E-state index in [1.807, 2.05) is 25.2 Å². The fourth-order valence-electron chi connectivity index (χ4n) is 2.70. The lowest BCUT2D eigenvalue weighted by Crippen LogP contribution is -2.18. The molecule has 4 nitrogen and oxygen atoms in total. The highest BCUT2D eigenvalue weighted by atomic mass is 32.1. The number of nitrogens with zero attached hydrogens (tertiary/aromatic N) is 2. The summed E-state index contributed by atoms with van der Waals surface area (Å²) in [6, 6.07) is 12.0.